The normalized spacial score (nSPS) is 10.2. The van der Waals surface area contributed by atoms with Crippen molar-refractivity contribution in [1.82, 2.24) is 0 Å². The second-order valence-electron chi connectivity index (χ2n) is 3.65. The molecule has 98 valence electrons. The zero-order valence-corrected chi connectivity index (χ0v) is 12.1. The highest BCUT2D eigenvalue weighted by Crippen LogP contribution is 2.26. The van der Waals surface area contributed by atoms with Crippen LogP contribution in [0.3, 0.4) is 0 Å². The van der Waals surface area contributed by atoms with Gasteiger partial charge in [0.15, 0.2) is 5.78 Å². The third-order valence-electron chi connectivity index (χ3n) is 2.40. The Morgan fingerprint density at radius 1 is 1.21 bits per heavy atom. The lowest BCUT2D eigenvalue weighted by Gasteiger charge is -2.05. The molecular weight excluding hydrogens is 333 g/mol. The quantitative estimate of drug-likeness (QED) is 0.683. The highest BCUT2D eigenvalue weighted by molar-refractivity contribution is 9.09. The molecule has 3 nitrogen and oxygen atoms in total. The number of ketones is 1. The number of thiophene rings is 1. The minimum absolute atomic E-state index is 0.00441. The average molecular weight is 342 g/mol. The third kappa shape index (κ3) is 3.08. The van der Waals surface area contributed by atoms with Crippen LogP contribution in [0.25, 0.3) is 0 Å². The summed E-state index contributed by atoms with van der Waals surface area (Å²) in [6, 6.07) is 7.34. The molecule has 0 saturated heterocycles. The van der Waals surface area contributed by atoms with E-state index in [1.165, 1.54) is 29.5 Å². The van der Waals surface area contributed by atoms with E-state index in [2.05, 4.69) is 21.2 Å². The maximum absolute atomic E-state index is 13.6. The Morgan fingerprint density at radius 2 is 1.95 bits per heavy atom. The number of halogens is 2. The average Bonchev–Trinajstić information content (AvgIpc) is 2.86. The van der Waals surface area contributed by atoms with Crippen LogP contribution in [0.4, 0.5) is 9.39 Å². The standard InChI is InChI=1S/C13H9BrFNO2S/c14-7-11(17)16-13-9(5-6-19-13)12(18)8-3-1-2-4-10(8)15/h1-6H,7H2,(H,16,17). The minimum Gasteiger partial charge on any atom is -0.316 e. The van der Waals surface area contributed by atoms with Crippen molar-refractivity contribution < 1.29 is 14.0 Å². The van der Waals surface area contributed by atoms with E-state index in [1.807, 2.05) is 0 Å². The molecule has 0 aliphatic heterocycles. The fourth-order valence-electron chi connectivity index (χ4n) is 1.54. The maximum Gasteiger partial charge on any atom is 0.235 e. The van der Waals surface area contributed by atoms with Crippen LogP contribution in [-0.2, 0) is 4.79 Å². The summed E-state index contributed by atoms with van der Waals surface area (Å²) in [5.41, 5.74) is 0.291. The summed E-state index contributed by atoms with van der Waals surface area (Å²) in [6.45, 7) is 0. The summed E-state index contributed by atoms with van der Waals surface area (Å²) in [5.74, 6) is -1.27. The Labute approximate surface area is 121 Å². The van der Waals surface area contributed by atoms with E-state index in [0.717, 1.165) is 0 Å². The van der Waals surface area contributed by atoms with Gasteiger partial charge in [0.2, 0.25) is 5.91 Å². The third-order valence-corrected chi connectivity index (χ3v) is 3.74. The molecule has 6 heteroatoms. The van der Waals surface area contributed by atoms with Crippen molar-refractivity contribution in [3.05, 3.63) is 52.7 Å². The molecule has 0 radical (unpaired) electrons. The van der Waals surface area contributed by atoms with Crippen LogP contribution in [0.15, 0.2) is 35.7 Å². The van der Waals surface area contributed by atoms with Crippen molar-refractivity contribution in [3.8, 4) is 0 Å². The highest BCUT2D eigenvalue weighted by atomic mass is 79.9. The van der Waals surface area contributed by atoms with E-state index in [0.29, 0.717) is 10.6 Å². The van der Waals surface area contributed by atoms with Gasteiger partial charge in [0, 0.05) is 0 Å². The molecule has 1 heterocycles. The zero-order chi connectivity index (χ0) is 13.8. The van der Waals surface area contributed by atoms with E-state index >= 15 is 0 Å². The lowest BCUT2D eigenvalue weighted by Crippen LogP contribution is -2.14. The van der Waals surface area contributed by atoms with Crippen LogP contribution in [0.5, 0.6) is 0 Å². The Hall–Kier alpha value is -1.53. The van der Waals surface area contributed by atoms with Gasteiger partial charge in [-0.2, -0.15) is 0 Å². The summed E-state index contributed by atoms with van der Waals surface area (Å²) >= 11 is 4.25. The first-order valence-electron chi connectivity index (χ1n) is 5.36. The number of anilines is 1. The smallest absolute Gasteiger partial charge is 0.235 e. The molecule has 1 aromatic carbocycles. The van der Waals surface area contributed by atoms with Crippen molar-refractivity contribution in [2.24, 2.45) is 0 Å². The number of hydrogen-bond donors (Lipinski definition) is 1. The minimum atomic E-state index is -0.573. The van der Waals surface area contributed by atoms with Gasteiger partial charge in [0.05, 0.1) is 16.5 Å². The van der Waals surface area contributed by atoms with Crippen molar-refractivity contribution in [2.75, 3.05) is 10.6 Å². The first-order chi connectivity index (χ1) is 9.13. The molecular formula is C13H9BrFNO2S. The molecule has 0 atom stereocenters. The second kappa shape index (κ2) is 6.08. The first-order valence-corrected chi connectivity index (χ1v) is 7.36. The molecule has 0 spiro atoms. The van der Waals surface area contributed by atoms with Gasteiger partial charge in [-0.15, -0.1) is 11.3 Å². The summed E-state index contributed by atoms with van der Waals surface area (Å²) in [5, 5.41) is 4.84. The Bertz CT molecular complexity index is 627. The van der Waals surface area contributed by atoms with E-state index in [9.17, 15) is 14.0 Å². The van der Waals surface area contributed by atoms with E-state index in [1.54, 1.807) is 17.5 Å². The summed E-state index contributed by atoms with van der Waals surface area (Å²) in [4.78, 5) is 23.5. The summed E-state index contributed by atoms with van der Waals surface area (Å²) in [7, 11) is 0. The number of carbonyl (C=O) groups is 2. The molecule has 0 saturated carbocycles. The van der Waals surface area contributed by atoms with Gasteiger partial charge in [0.25, 0.3) is 0 Å². The number of rotatable bonds is 4. The molecule has 1 amide bonds. The van der Waals surface area contributed by atoms with Crippen molar-refractivity contribution in [1.29, 1.82) is 0 Å². The predicted octanol–water partition coefficient (Wildman–Crippen LogP) is 3.45. The lowest BCUT2D eigenvalue weighted by molar-refractivity contribution is -0.113. The molecule has 0 aliphatic carbocycles. The number of hydrogen-bond acceptors (Lipinski definition) is 3. The predicted molar refractivity (Wildman–Crippen MR) is 76.6 cm³/mol. The number of amides is 1. The summed E-state index contributed by atoms with van der Waals surface area (Å²) < 4.78 is 13.6. The molecule has 2 rings (SSSR count). The van der Waals surface area contributed by atoms with E-state index in [-0.39, 0.29) is 16.8 Å². The lowest BCUT2D eigenvalue weighted by atomic mass is 10.1. The Kier molecular flexibility index (Phi) is 4.44. The highest BCUT2D eigenvalue weighted by Gasteiger charge is 2.18. The van der Waals surface area contributed by atoms with Crippen molar-refractivity contribution in [3.63, 3.8) is 0 Å². The second-order valence-corrected chi connectivity index (χ2v) is 5.13. The maximum atomic E-state index is 13.6. The van der Waals surface area contributed by atoms with Gasteiger partial charge in [-0.25, -0.2) is 4.39 Å². The van der Waals surface area contributed by atoms with Gasteiger partial charge in [0.1, 0.15) is 10.8 Å². The largest absolute Gasteiger partial charge is 0.316 e. The topological polar surface area (TPSA) is 46.2 Å². The first kappa shape index (κ1) is 13.9. The molecule has 19 heavy (non-hydrogen) atoms. The van der Waals surface area contributed by atoms with Gasteiger partial charge < -0.3 is 5.32 Å². The van der Waals surface area contributed by atoms with Gasteiger partial charge in [-0.05, 0) is 23.6 Å². The number of benzene rings is 1. The van der Waals surface area contributed by atoms with Crippen LogP contribution in [-0.4, -0.2) is 17.0 Å². The molecule has 0 fully saturated rings. The van der Waals surface area contributed by atoms with Gasteiger partial charge in [-0.3, -0.25) is 9.59 Å². The Balaban J connectivity index is 2.33. The number of nitrogens with one attached hydrogen (secondary N) is 1. The van der Waals surface area contributed by atoms with E-state index < -0.39 is 11.6 Å². The summed E-state index contributed by atoms with van der Waals surface area (Å²) in [6.07, 6.45) is 0. The van der Waals surface area contributed by atoms with Crippen molar-refractivity contribution in [2.45, 2.75) is 0 Å². The van der Waals surface area contributed by atoms with Gasteiger partial charge in [-0.1, -0.05) is 28.1 Å². The number of carbonyl (C=O) groups excluding carboxylic acids is 2. The fourth-order valence-corrected chi connectivity index (χ4v) is 2.48. The Morgan fingerprint density at radius 3 is 2.63 bits per heavy atom. The zero-order valence-electron chi connectivity index (χ0n) is 9.65. The van der Waals surface area contributed by atoms with Crippen LogP contribution in [0.1, 0.15) is 15.9 Å². The van der Waals surface area contributed by atoms with Gasteiger partial charge >= 0.3 is 0 Å². The molecule has 1 N–H and O–H groups in total. The number of alkyl halides is 1. The van der Waals surface area contributed by atoms with Crippen LogP contribution in [0.2, 0.25) is 0 Å². The molecule has 2 aromatic rings. The van der Waals surface area contributed by atoms with Crippen molar-refractivity contribution >= 4 is 44.0 Å². The molecule has 0 unspecified atom stereocenters. The van der Waals surface area contributed by atoms with E-state index in [4.69, 9.17) is 0 Å². The monoisotopic (exact) mass is 341 g/mol. The van der Waals surface area contributed by atoms with Crippen LogP contribution < -0.4 is 5.32 Å². The molecule has 0 aliphatic rings. The SMILES string of the molecule is O=C(CBr)Nc1sccc1C(=O)c1ccccc1F. The molecule has 1 aromatic heterocycles. The fraction of sp³-hybridized carbons (Fsp3) is 0.0769. The van der Waals surface area contributed by atoms with Crippen LogP contribution >= 0.6 is 27.3 Å². The van der Waals surface area contributed by atoms with Crippen LogP contribution in [0, 0.1) is 5.82 Å². The molecule has 0 bridgehead atoms.